The number of ether oxygens (including phenoxy) is 1. The Hall–Kier alpha value is -2.82. The number of benzene rings is 1. The lowest BCUT2D eigenvalue weighted by molar-refractivity contribution is 0.222. The minimum Gasteiger partial charge on any atom is -0.493 e. The van der Waals surface area contributed by atoms with Gasteiger partial charge in [-0.1, -0.05) is 0 Å². The summed E-state index contributed by atoms with van der Waals surface area (Å²) in [6.45, 7) is 4.43. The van der Waals surface area contributed by atoms with Crippen molar-refractivity contribution >= 4 is 21.1 Å². The minimum absolute atomic E-state index is 0.138. The smallest absolute Gasteiger partial charge is 0.277 e. The number of nitrogens with one attached hydrogen (secondary N) is 1. The molecule has 1 aliphatic rings. The van der Waals surface area contributed by atoms with Crippen LogP contribution in [0.1, 0.15) is 6.92 Å². The van der Waals surface area contributed by atoms with Crippen LogP contribution in [0, 0.1) is 0 Å². The summed E-state index contributed by atoms with van der Waals surface area (Å²) in [6, 6.07) is 8.03. The molecule has 0 bridgehead atoms. The molecule has 1 N–H and O–H groups in total. The first-order valence-corrected chi connectivity index (χ1v) is 11.1. The van der Waals surface area contributed by atoms with Crippen LogP contribution in [-0.2, 0) is 10.0 Å². The number of nitrogens with zero attached hydrogens (tertiary/aromatic N) is 4. The van der Waals surface area contributed by atoms with Crippen molar-refractivity contribution in [3.05, 3.63) is 46.9 Å². The lowest BCUT2D eigenvalue weighted by Gasteiger charge is -2.31. The zero-order valence-corrected chi connectivity index (χ0v) is 17.6. The zero-order chi connectivity index (χ0) is 21.3. The third kappa shape index (κ3) is 3.81. The Kier molecular flexibility index (Phi) is 5.54. The molecule has 0 radical (unpaired) electrons. The van der Waals surface area contributed by atoms with Crippen molar-refractivity contribution in [2.75, 3.05) is 39.8 Å². The van der Waals surface area contributed by atoms with Crippen molar-refractivity contribution in [1.82, 2.24) is 24.2 Å². The molecule has 3 heterocycles. The monoisotopic (exact) mass is 429 g/mol. The van der Waals surface area contributed by atoms with E-state index in [-0.39, 0.29) is 16.2 Å². The van der Waals surface area contributed by atoms with Crippen LogP contribution in [0.4, 0.5) is 0 Å². The average Bonchev–Trinajstić information content (AvgIpc) is 2.74. The van der Waals surface area contributed by atoms with E-state index in [1.807, 2.05) is 14.0 Å². The number of aromatic amines is 1. The number of fused-ring (bicyclic) bond motifs is 1. The second kappa shape index (κ2) is 8.13. The predicted octanol–water partition coefficient (Wildman–Crippen LogP) is 1.32. The molecular weight excluding hydrogens is 406 g/mol. The number of H-pyrrole nitrogens is 1. The summed E-state index contributed by atoms with van der Waals surface area (Å²) < 4.78 is 33.5. The van der Waals surface area contributed by atoms with Gasteiger partial charge in [-0.25, -0.2) is 18.4 Å². The molecule has 10 heteroatoms. The SMILES string of the molecule is CCOc1ccc(S(=O)(=O)N2CCN(C)CC2)cc1-c1nc2cccnc2c(=O)[nH]1. The summed E-state index contributed by atoms with van der Waals surface area (Å²) in [6.07, 6.45) is 1.52. The van der Waals surface area contributed by atoms with Crippen molar-refractivity contribution < 1.29 is 13.2 Å². The van der Waals surface area contributed by atoms with Gasteiger partial charge in [0.1, 0.15) is 11.6 Å². The maximum atomic E-state index is 13.2. The van der Waals surface area contributed by atoms with Gasteiger partial charge in [-0.3, -0.25) is 4.79 Å². The van der Waals surface area contributed by atoms with Crippen LogP contribution in [0.25, 0.3) is 22.4 Å². The summed E-state index contributed by atoms with van der Waals surface area (Å²) in [4.78, 5) is 25.9. The van der Waals surface area contributed by atoms with Gasteiger partial charge in [0.2, 0.25) is 10.0 Å². The fourth-order valence-corrected chi connectivity index (χ4v) is 4.87. The highest BCUT2D eigenvalue weighted by molar-refractivity contribution is 7.89. The van der Waals surface area contributed by atoms with Crippen molar-refractivity contribution in [3.8, 4) is 17.1 Å². The molecule has 4 rings (SSSR count). The van der Waals surface area contributed by atoms with Crippen LogP contribution < -0.4 is 10.3 Å². The number of sulfonamides is 1. The topological polar surface area (TPSA) is 108 Å². The Morgan fingerprint density at radius 1 is 1.17 bits per heavy atom. The van der Waals surface area contributed by atoms with Crippen LogP contribution in [0.3, 0.4) is 0 Å². The van der Waals surface area contributed by atoms with E-state index < -0.39 is 15.6 Å². The quantitative estimate of drug-likeness (QED) is 0.652. The van der Waals surface area contributed by atoms with Gasteiger partial charge < -0.3 is 14.6 Å². The summed E-state index contributed by atoms with van der Waals surface area (Å²) in [5.74, 6) is 0.681. The highest BCUT2D eigenvalue weighted by atomic mass is 32.2. The number of likely N-dealkylation sites (N-methyl/N-ethyl adjacent to an activating group) is 1. The molecule has 1 fully saturated rings. The zero-order valence-electron chi connectivity index (χ0n) is 16.8. The highest BCUT2D eigenvalue weighted by Crippen LogP contribution is 2.31. The van der Waals surface area contributed by atoms with E-state index in [1.54, 1.807) is 18.2 Å². The normalized spacial score (nSPS) is 16.1. The molecule has 3 aromatic rings. The van der Waals surface area contributed by atoms with Crippen molar-refractivity contribution in [3.63, 3.8) is 0 Å². The third-order valence-corrected chi connectivity index (χ3v) is 6.97. The maximum absolute atomic E-state index is 13.2. The Morgan fingerprint density at radius 2 is 1.93 bits per heavy atom. The molecule has 9 nitrogen and oxygen atoms in total. The fraction of sp³-hybridized carbons (Fsp3) is 0.350. The summed E-state index contributed by atoms with van der Waals surface area (Å²) in [5.41, 5.74) is 0.659. The largest absolute Gasteiger partial charge is 0.493 e. The number of aromatic nitrogens is 3. The first-order chi connectivity index (χ1) is 14.4. The van der Waals surface area contributed by atoms with Gasteiger partial charge in [0.25, 0.3) is 5.56 Å². The lowest BCUT2D eigenvalue weighted by atomic mass is 10.2. The second-order valence-electron chi connectivity index (χ2n) is 7.08. The van der Waals surface area contributed by atoms with Crippen molar-refractivity contribution in [2.45, 2.75) is 11.8 Å². The molecule has 1 saturated heterocycles. The van der Waals surface area contributed by atoms with E-state index in [9.17, 15) is 13.2 Å². The Bertz CT molecular complexity index is 1230. The average molecular weight is 430 g/mol. The predicted molar refractivity (Wildman–Crippen MR) is 113 cm³/mol. The fourth-order valence-electron chi connectivity index (χ4n) is 3.42. The first kappa shape index (κ1) is 20.5. The summed E-state index contributed by atoms with van der Waals surface area (Å²) in [7, 11) is -1.71. The van der Waals surface area contributed by atoms with Crippen LogP contribution in [0.15, 0.2) is 46.2 Å². The molecule has 2 aromatic heterocycles. The molecule has 1 aliphatic heterocycles. The Morgan fingerprint density at radius 3 is 2.67 bits per heavy atom. The molecular formula is C20H23N5O4S. The highest BCUT2D eigenvalue weighted by Gasteiger charge is 2.28. The van der Waals surface area contributed by atoms with Crippen molar-refractivity contribution in [2.24, 2.45) is 0 Å². The van der Waals surface area contributed by atoms with Crippen molar-refractivity contribution in [1.29, 1.82) is 0 Å². The second-order valence-corrected chi connectivity index (χ2v) is 9.02. The molecule has 0 aliphatic carbocycles. The van der Waals surface area contributed by atoms with Crippen LogP contribution in [0.5, 0.6) is 5.75 Å². The molecule has 0 spiro atoms. The van der Waals surface area contributed by atoms with Crippen LogP contribution >= 0.6 is 0 Å². The van der Waals surface area contributed by atoms with Gasteiger partial charge in [-0.2, -0.15) is 4.31 Å². The lowest BCUT2D eigenvalue weighted by Crippen LogP contribution is -2.47. The molecule has 1 aromatic carbocycles. The van der Waals surface area contributed by atoms with E-state index in [2.05, 4.69) is 19.9 Å². The van der Waals surface area contributed by atoms with Crippen LogP contribution in [-0.4, -0.2) is 72.4 Å². The molecule has 30 heavy (non-hydrogen) atoms. The number of hydrogen-bond donors (Lipinski definition) is 1. The molecule has 0 amide bonds. The molecule has 0 unspecified atom stereocenters. The Labute approximate surface area is 174 Å². The van der Waals surface area contributed by atoms with Gasteiger partial charge in [-0.05, 0) is 44.3 Å². The number of hydrogen-bond acceptors (Lipinski definition) is 7. The van der Waals surface area contributed by atoms with Gasteiger partial charge in [0, 0.05) is 32.4 Å². The molecule has 0 saturated carbocycles. The number of piperazine rings is 1. The van der Waals surface area contributed by atoms with E-state index in [4.69, 9.17) is 4.74 Å². The number of pyridine rings is 1. The summed E-state index contributed by atoms with van der Waals surface area (Å²) in [5, 5.41) is 0. The Balaban J connectivity index is 1.82. The number of rotatable bonds is 5. The molecule has 158 valence electrons. The van der Waals surface area contributed by atoms with Gasteiger partial charge >= 0.3 is 0 Å². The van der Waals surface area contributed by atoms with Crippen LogP contribution in [0.2, 0.25) is 0 Å². The third-order valence-electron chi connectivity index (χ3n) is 5.07. The van der Waals surface area contributed by atoms with Gasteiger partial charge in [0.15, 0.2) is 5.52 Å². The summed E-state index contributed by atoms with van der Waals surface area (Å²) >= 11 is 0. The standard InChI is InChI=1S/C20H23N5O4S/c1-3-29-17-7-6-14(30(27,28)25-11-9-24(2)10-12-25)13-15(17)19-22-16-5-4-8-21-18(16)20(26)23-19/h4-8,13H,3,9-12H2,1-2H3,(H,22,23,26). The van der Waals surface area contributed by atoms with Gasteiger partial charge in [-0.15, -0.1) is 0 Å². The van der Waals surface area contributed by atoms with E-state index in [1.165, 1.54) is 22.6 Å². The first-order valence-electron chi connectivity index (χ1n) is 9.71. The maximum Gasteiger partial charge on any atom is 0.277 e. The van der Waals surface area contributed by atoms with E-state index >= 15 is 0 Å². The minimum atomic E-state index is -3.68. The molecule has 0 atom stereocenters. The van der Waals surface area contributed by atoms with Gasteiger partial charge in [0.05, 0.1) is 22.6 Å². The van der Waals surface area contributed by atoms with E-state index in [0.717, 1.165) is 0 Å². The van der Waals surface area contributed by atoms with E-state index in [0.29, 0.717) is 49.6 Å².